The lowest BCUT2D eigenvalue weighted by Crippen LogP contribution is -2.39. The van der Waals surface area contributed by atoms with Gasteiger partial charge in [-0.15, -0.1) is 0 Å². The van der Waals surface area contributed by atoms with Gasteiger partial charge in [-0.1, -0.05) is 0 Å². The summed E-state index contributed by atoms with van der Waals surface area (Å²) in [6.45, 7) is 1.98. The summed E-state index contributed by atoms with van der Waals surface area (Å²) in [6.07, 6.45) is 2.17. The summed E-state index contributed by atoms with van der Waals surface area (Å²) in [6, 6.07) is 0. The minimum atomic E-state index is -0.830. The Labute approximate surface area is 83.2 Å². The topological polar surface area (TPSA) is 63.6 Å². The molecule has 1 fully saturated rings. The molecule has 0 heterocycles. The lowest BCUT2D eigenvalue weighted by atomic mass is 9.76. The molecule has 1 rings (SSSR count). The zero-order valence-corrected chi connectivity index (χ0v) is 8.41. The molecule has 0 radical (unpaired) electrons. The van der Waals surface area contributed by atoms with Gasteiger partial charge in [0.25, 0.3) is 0 Å². The molecule has 1 saturated carbocycles. The second kappa shape index (κ2) is 4.55. The lowest BCUT2D eigenvalue weighted by Gasteiger charge is -2.35. The maximum absolute atomic E-state index is 11.3. The van der Waals surface area contributed by atoms with Crippen LogP contribution in [-0.4, -0.2) is 29.1 Å². The molecule has 1 N–H and O–H groups in total. The quantitative estimate of drug-likeness (QED) is 0.527. The van der Waals surface area contributed by atoms with Crippen LogP contribution in [0.5, 0.6) is 0 Å². The van der Waals surface area contributed by atoms with Gasteiger partial charge < -0.3 is 9.84 Å². The number of aliphatic hydroxyl groups is 1. The van der Waals surface area contributed by atoms with Crippen molar-refractivity contribution in [1.82, 2.24) is 0 Å². The Bertz CT molecular complexity index is 230. The summed E-state index contributed by atoms with van der Waals surface area (Å²) in [7, 11) is 0. The van der Waals surface area contributed by atoms with E-state index in [4.69, 9.17) is 0 Å². The van der Waals surface area contributed by atoms with E-state index in [1.165, 1.54) is 0 Å². The number of Topliss-reactive ketones (excluding diaryl/α,β-unsaturated/α-hetero) is 1. The summed E-state index contributed by atoms with van der Waals surface area (Å²) in [5.41, 5.74) is -0.830. The Kier molecular flexibility index (Phi) is 3.63. The van der Waals surface area contributed by atoms with Gasteiger partial charge in [-0.05, 0) is 26.2 Å². The molecule has 0 spiro atoms. The van der Waals surface area contributed by atoms with Crippen LogP contribution < -0.4 is 0 Å². The molecule has 0 bridgehead atoms. The summed E-state index contributed by atoms with van der Waals surface area (Å²) in [5, 5.41) is 9.65. The third-order valence-corrected chi connectivity index (χ3v) is 2.46. The molecule has 0 amide bonds. The normalized spacial score (nSPS) is 18.4. The zero-order chi connectivity index (χ0) is 10.6. The van der Waals surface area contributed by atoms with E-state index in [-0.39, 0.29) is 25.2 Å². The number of ketones is 1. The standard InChI is InChI=1S/C10H16O4/c1-2-14-9(12)6-8(11)7-10(13)4-3-5-10/h13H,2-7H2,1H3. The fraction of sp³-hybridized carbons (Fsp3) is 0.800. The summed E-state index contributed by atoms with van der Waals surface area (Å²) < 4.78 is 4.64. The van der Waals surface area contributed by atoms with E-state index in [1.807, 2.05) is 0 Å². The van der Waals surface area contributed by atoms with Gasteiger partial charge in [0.2, 0.25) is 0 Å². The first kappa shape index (κ1) is 11.2. The molecule has 0 saturated heterocycles. The highest BCUT2D eigenvalue weighted by Crippen LogP contribution is 2.34. The number of hydrogen-bond acceptors (Lipinski definition) is 4. The largest absolute Gasteiger partial charge is 0.466 e. The molecule has 1 aliphatic rings. The Morgan fingerprint density at radius 2 is 2.07 bits per heavy atom. The third kappa shape index (κ3) is 3.10. The minimum absolute atomic E-state index is 0.0891. The van der Waals surface area contributed by atoms with Crippen molar-refractivity contribution in [2.75, 3.05) is 6.61 Å². The van der Waals surface area contributed by atoms with Crippen molar-refractivity contribution < 1.29 is 19.4 Å². The van der Waals surface area contributed by atoms with Gasteiger partial charge in [-0.3, -0.25) is 9.59 Å². The van der Waals surface area contributed by atoms with Crippen molar-refractivity contribution in [3.05, 3.63) is 0 Å². The molecule has 4 heteroatoms. The highest BCUT2D eigenvalue weighted by atomic mass is 16.5. The highest BCUT2D eigenvalue weighted by molar-refractivity contribution is 5.96. The first-order chi connectivity index (χ1) is 6.56. The third-order valence-electron chi connectivity index (χ3n) is 2.46. The van der Waals surface area contributed by atoms with Crippen molar-refractivity contribution in [3.63, 3.8) is 0 Å². The molecule has 0 aromatic heterocycles. The highest BCUT2D eigenvalue weighted by Gasteiger charge is 2.36. The Hall–Kier alpha value is -0.900. The maximum atomic E-state index is 11.3. The second-order valence-electron chi connectivity index (χ2n) is 3.78. The van der Waals surface area contributed by atoms with Gasteiger partial charge in [-0.2, -0.15) is 0 Å². The summed E-state index contributed by atoms with van der Waals surface area (Å²) in [5.74, 6) is -0.730. The predicted molar refractivity (Wildman–Crippen MR) is 49.7 cm³/mol. The molecule has 0 unspecified atom stereocenters. The van der Waals surface area contributed by atoms with E-state index < -0.39 is 11.6 Å². The molecule has 0 aromatic carbocycles. The van der Waals surface area contributed by atoms with Crippen molar-refractivity contribution in [2.24, 2.45) is 0 Å². The fourth-order valence-corrected chi connectivity index (χ4v) is 1.56. The molecule has 14 heavy (non-hydrogen) atoms. The smallest absolute Gasteiger partial charge is 0.313 e. The summed E-state index contributed by atoms with van der Waals surface area (Å²) in [4.78, 5) is 22.2. The van der Waals surface area contributed by atoms with Crippen LogP contribution >= 0.6 is 0 Å². The monoisotopic (exact) mass is 200 g/mol. The van der Waals surface area contributed by atoms with Crippen molar-refractivity contribution >= 4 is 11.8 Å². The summed E-state index contributed by atoms with van der Waals surface area (Å²) >= 11 is 0. The van der Waals surface area contributed by atoms with Crippen LogP contribution in [0.3, 0.4) is 0 Å². The van der Waals surface area contributed by atoms with Crippen LogP contribution in [0.4, 0.5) is 0 Å². The predicted octanol–water partition coefficient (Wildman–Crippen LogP) is 0.814. The first-order valence-electron chi connectivity index (χ1n) is 4.95. The van der Waals surface area contributed by atoms with Crippen LogP contribution in [0, 0.1) is 0 Å². The van der Waals surface area contributed by atoms with E-state index in [0.29, 0.717) is 12.8 Å². The van der Waals surface area contributed by atoms with Crippen LogP contribution in [-0.2, 0) is 14.3 Å². The minimum Gasteiger partial charge on any atom is -0.466 e. The number of esters is 1. The van der Waals surface area contributed by atoms with E-state index >= 15 is 0 Å². The number of carbonyl (C=O) groups is 2. The van der Waals surface area contributed by atoms with Crippen LogP contribution in [0.1, 0.15) is 39.0 Å². The van der Waals surface area contributed by atoms with E-state index in [9.17, 15) is 14.7 Å². The van der Waals surface area contributed by atoms with Crippen LogP contribution in [0.15, 0.2) is 0 Å². The SMILES string of the molecule is CCOC(=O)CC(=O)CC1(O)CCC1. The molecule has 0 atom stereocenters. The van der Waals surface area contributed by atoms with Crippen molar-refractivity contribution in [1.29, 1.82) is 0 Å². The number of hydrogen-bond donors (Lipinski definition) is 1. The molecule has 1 aliphatic carbocycles. The van der Waals surface area contributed by atoms with Gasteiger partial charge in [0.1, 0.15) is 12.2 Å². The Morgan fingerprint density at radius 1 is 1.43 bits per heavy atom. The van der Waals surface area contributed by atoms with E-state index in [2.05, 4.69) is 4.74 Å². The number of rotatable bonds is 5. The van der Waals surface area contributed by atoms with Crippen LogP contribution in [0.25, 0.3) is 0 Å². The Morgan fingerprint density at radius 3 is 2.50 bits per heavy atom. The van der Waals surface area contributed by atoms with Crippen LogP contribution in [0.2, 0.25) is 0 Å². The molecule has 80 valence electrons. The number of ether oxygens (including phenoxy) is 1. The van der Waals surface area contributed by atoms with Gasteiger partial charge in [-0.25, -0.2) is 0 Å². The van der Waals surface area contributed by atoms with Gasteiger partial charge in [0, 0.05) is 6.42 Å². The molecular weight excluding hydrogens is 184 g/mol. The van der Waals surface area contributed by atoms with Gasteiger partial charge in [0.15, 0.2) is 0 Å². The fourth-order valence-electron chi connectivity index (χ4n) is 1.56. The average molecular weight is 200 g/mol. The lowest BCUT2D eigenvalue weighted by molar-refractivity contribution is -0.147. The molecule has 0 aromatic rings. The van der Waals surface area contributed by atoms with Gasteiger partial charge in [0.05, 0.1) is 12.2 Å². The van der Waals surface area contributed by atoms with Crippen molar-refractivity contribution in [2.45, 2.75) is 44.6 Å². The molecular formula is C10H16O4. The maximum Gasteiger partial charge on any atom is 0.313 e. The van der Waals surface area contributed by atoms with E-state index in [0.717, 1.165) is 6.42 Å². The molecule has 0 aliphatic heterocycles. The second-order valence-corrected chi connectivity index (χ2v) is 3.78. The van der Waals surface area contributed by atoms with Crippen molar-refractivity contribution in [3.8, 4) is 0 Å². The number of carbonyl (C=O) groups excluding carboxylic acids is 2. The Balaban J connectivity index is 2.25. The van der Waals surface area contributed by atoms with E-state index in [1.54, 1.807) is 6.92 Å². The molecule has 4 nitrogen and oxygen atoms in total. The average Bonchev–Trinajstić information content (AvgIpc) is 2.01. The van der Waals surface area contributed by atoms with Gasteiger partial charge >= 0.3 is 5.97 Å². The zero-order valence-electron chi connectivity index (χ0n) is 8.41. The first-order valence-corrected chi connectivity index (χ1v) is 4.95.